The third-order valence-corrected chi connectivity index (χ3v) is 3.20. The van der Waals surface area contributed by atoms with Gasteiger partial charge in [0.1, 0.15) is 5.67 Å². The van der Waals surface area contributed by atoms with Gasteiger partial charge in [0.2, 0.25) is 0 Å². The van der Waals surface area contributed by atoms with Crippen LogP contribution in [-0.2, 0) is 5.67 Å². The Morgan fingerprint density at radius 2 is 1.93 bits per heavy atom. The highest BCUT2D eigenvalue weighted by atomic mass is 19.1. The van der Waals surface area contributed by atoms with E-state index in [4.69, 9.17) is 0 Å². The summed E-state index contributed by atoms with van der Waals surface area (Å²) >= 11 is 0. The lowest BCUT2D eigenvalue weighted by atomic mass is 9.92. The largest absolute Gasteiger partial charge is 0.313 e. The molecule has 0 bridgehead atoms. The fraction of sp³-hybridized carbons (Fsp3) is 0.538. The zero-order chi connectivity index (χ0) is 10.9. The summed E-state index contributed by atoms with van der Waals surface area (Å²) in [5.41, 5.74) is 0.945. The van der Waals surface area contributed by atoms with Gasteiger partial charge in [-0.2, -0.15) is 0 Å². The number of hydrogen-bond acceptors (Lipinski definition) is 1. The number of rotatable bonds is 2. The average molecular weight is 207 g/mol. The van der Waals surface area contributed by atoms with Crippen LogP contribution in [0.4, 0.5) is 4.39 Å². The van der Waals surface area contributed by atoms with E-state index in [2.05, 4.69) is 19.2 Å². The van der Waals surface area contributed by atoms with Gasteiger partial charge in [0, 0.05) is 6.54 Å². The van der Waals surface area contributed by atoms with E-state index in [-0.39, 0.29) is 0 Å². The highest BCUT2D eigenvalue weighted by Gasteiger charge is 2.35. The van der Waals surface area contributed by atoms with E-state index in [9.17, 15) is 4.39 Å². The van der Waals surface area contributed by atoms with E-state index in [0.29, 0.717) is 18.9 Å². The minimum absolute atomic E-state index is 0.452. The normalized spacial score (nSPS) is 26.1. The van der Waals surface area contributed by atoms with Gasteiger partial charge in [0.05, 0.1) is 0 Å². The second-order valence-electron chi connectivity index (χ2n) is 4.67. The Labute approximate surface area is 90.7 Å². The maximum absolute atomic E-state index is 14.3. The fourth-order valence-corrected chi connectivity index (χ4v) is 2.07. The first-order valence-corrected chi connectivity index (χ1v) is 5.62. The summed E-state index contributed by atoms with van der Waals surface area (Å²) in [6, 6.07) is 7.95. The summed E-state index contributed by atoms with van der Waals surface area (Å²) in [4.78, 5) is 0. The summed E-state index contributed by atoms with van der Waals surface area (Å²) in [7, 11) is 0. The third-order valence-electron chi connectivity index (χ3n) is 3.20. The Bertz CT molecular complexity index is 323. The fourth-order valence-electron chi connectivity index (χ4n) is 2.07. The van der Waals surface area contributed by atoms with E-state index >= 15 is 0 Å². The molecule has 1 aromatic rings. The van der Waals surface area contributed by atoms with Crippen molar-refractivity contribution in [2.24, 2.45) is 0 Å². The Morgan fingerprint density at radius 1 is 1.27 bits per heavy atom. The average Bonchev–Trinajstić information content (AvgIpc) is 2.67. The number of alkyl halides is 1. The van der Waals surface area contributed by atoms with Gasteiger partial charge in [0.25, 0.3) is 0 Å². The van der Waals surface area contributed by atoms with Gasteiger partial charge in [-0.25, -0.2) is 4.39 Å². The molecular formula is C13H18FN. The molecule has 1 aromatic carbocycles. The molecular weight excluding hydrogens is 189 g/mol. The number of hydrogen-bond donors (Lipinski definition) is 1. The van der Waals surface area contributed by atoms with Gasteiger partial charge in [0.15, 0.2) is 0 Å². The minimum atomic E-state index is -1.14. The van der Waals surface area contributed by atoms with Crippen LogP contribution >= 0.6 is 0 Å². The highest BCUT2D eigenvalue weighted by Crippen LogP contribution is 2.32. The molecule has 0 saturated carbocycles. The van der Waals surface area contributed by atoms with Crippen molar-refractivity contribution in [3.8, 4) is 0 Å². The summed E-state index contributed by atoms with van der Waals surface area (Å²) < 4.78 is 14.3. The molecule has 2 heteroatoms. The molecule has 0 aliphatic carbocycles. The Hall–Kier alpha value is -0.890. The highest BCUT2D eigenvalue weighted by molar-refractivity contribution is 5.30. The minimum Gasteiger partial charge on any atom is -0.313 e. The molecule has 1 N–H and O–H groups in total. The molecule has 1 nitrogen and oxygen atoms in total. The first-order valence-electron chi connectivity index (χ1n) is 5.62. The monoisotopic (exact) mass is 207 g/mol. The summed E-state index contributed by atoms with van der Waals surface area (Å²) in [5, 5.41) is 3.07. The maximum atomic E-state index is 14.3. The molecule has 82 valence electrons. The molecule has 0 aromatic heterocycles. The quantitative estimate of drug-likeness (QED) is 0.786. The molecule has 0 amide bonds. The molecule has 1 fully saturated rings. The van der Waals surface area contributed by atoms with Crippen molar-refractivity contribution in [1.82, 2.24) is 5.32 Å². The Kier molecular flexibility index (Phi) is 2.79. The molecule has 0 radical (unpaired) electrons. The summed E-state index contributed by atoms with van der Waals surface area (Å²) in [5.74, 6) is 0.510. The molecule has 1 atom stereocenters. The van der Waals surface area contributed by atoms with Crippen molar-refractivity contribution in [2.75, 3.05) is 13.1 Å². The van der Waals surface area contributed by atoms with Crippen LogP contribution in [0.2, 0.25) is 0 Å². The van der Waals surface area contributed by atoms with Gasteiger partial charge < -0.3 is 5.32 Å². The van der Waals surface area contributed by atoms with Crippen molar-refractivity contribution in [2.45, 2.75) is 31.9 Å². The van der Waals surface area contributed by atoms with E-state index < -0.39 is 5.67 Å². The first-order chi connectivity index (χ1) is 7.12. The molecule has 15 heavy (non-hydrogen) atoms. The van der Waals surface area contributed by atoms with Gasteiger partial charge in [-0.15, -0.1) is 0 Å². The molecule has 1 aliphatic heterocycles. The smallest absolute Gasteiger partial charge is 0.149 e. The van der Waals surface area contributed by atoms with Gasteiger partial charge in [-0.05, 0) is 30.0 Å². The van der Waals surface area contributed by atoms with Crippen molar-refractivity contribution in [3.63, 3.8) is 0 Å². The predicted molar refractivity (Wildman–Crippen MR) is 60.8 cm³/mol. The first kappa shape index (κ1) is 10.6. The van der Waals surface area contributed by atoms with Crippen molar-refractivity contribution in [3.05, 3.63) is 35.4 Å². The summed E-state index contributed by atoms with van der Waals surface area (Å²) in [6.07, 6.45) is 0.591. The van der Waals surface area contributed by atoms with Crippen LogP contribution in [0.25, 0.3) is 0 Å². The Balaban J connectivity index is 2.23. The number of halogens is 1. The second-order valence-corrected chi connectivity index (χ2v) is 4.67. The van der Waals surface area contributed by atoms with Crippen molar-refractivity contribution < 1.29 is 4.39 Å². The molecule has 1 heterocycles. The zero-order valence-corrected chi connectivity index (χ0v) is 9.39. The van der Waals surface area contributed by atoms with Gasteiger partial charge in [-0.3, -0.25) is 0 Å². The van der Waals surface area contributed by atoms with Crippen LogP contribution in [0.5, 0.6) is 0 Å². The molecule has 0 spiro atoms. The van der Waals surface area contributed by atoms with Crippen LogP contribution in [0.15, 0.2) is 24.3 Å². The standard InChI is InChI=1S/C13H18FN/c1-10(2)11-3-5-12(6-4-11)13(14)7-8-15-9-13/h3-6,10,15H,7-9H2,1-2H3. The van der Waals surface area contributed by atoms with Crippen LogP contribution in [0.3, 0.4) is 0 Å². The van der Waals surface area contributed by atoms with E-state index in [0.717, 1.165) is 12.1 Å². The lowest BCUT2D eigenvalue weighted by Crippen LogP contribution is -2.23. The molecule has 1 aliphatic rings. The SMILES string of the molecule is CC(C)c1ccc(C2(F)CCNC2)cc1. The maximum Gasteiger partial charge on any atom is 0.149 e. The molecule has 1 saturated heterocycles. The second kappa shape index (κ2) is 3.93. The van der Waals surface area contributed by atoms with Crippen LogP contribution in [-0.4, -0.2) is 13.1 Å². The topological polar surface area (TPSA) is 12.0 Å². The number of benzene rings is 1. The van der Waals surface area contributed by atoms with E-state index in [1.54, 1.807) is 0 Å². The van der Waals surface area contributed by atoms with Gasteiger partial charge >= 0.3 is 0 Å². The van der Waals surface area contributed by atoms with Crippen molar-refractivity contribution >= 4 is 0 Å². The van der Waals surface area contributed by atoms with Crippen molar-refractivity contribution in [1.29, 1.82) is 0 Å². The molecule has 2 rings (SSSR count). The van der Waals surface area contributed by atoms with Gasteiger partial charge in [-0.1, -0.05) is 38.1 Å². The summed E-state index contributed by atoms with van der Waals surface area (Å²) in [6.45, 7) is 5.53. The number of nitrogens with one attached hydrogen (secondary N) is 1. The van der Waals surface area contributed by atoms with Crippen LogP contribution in [0, 0.1) is 0 Å². The third kappa shape index (κ3) is 2.05. The molecule has 1 unspecified atom stereocenters. The Morgan fingerprint density at radius 3 is 2.40 bits per heavy atom. The van der Waals surface area contributed by atoms with Crippen LogP contribution in [0.1, 0.15) is 37.3 Å². The lowest BCUT2D eigenvalue weighted by Gasteiger charge is -2.19. The predicted octanol–water partition coefficient (Wildman–Crippen LogP) is 2.97. The zero-order valence-electron chi connectivity index (χ0n) is 9.39. The lowest BCUT2D eigenvalue weighted by molar-refractivity contribution is 0.193. The van der Waals surface area contributed by atoms with Crippen LogP contribution < -0.4 is 5.32 Å². The van der Waals surface area contributed by atoms with E-state index in [1.165, 1.54) is 5.56 Å². The van der Waals surface area contributed by atoms with E-state index in [1.807, 2.05) is 24.3 Å².